The Bertz CT molecular complexity index is 1710. The Morgan fingerprint density at radius 1 is 0.649 bits per heavy atom. The van der Waals surface area contributed by atoms with Gasteiger partial charge in [0, 0.05) is 13.0 Å². The van der Waals surface area contributed by atoms with Gasteiger partial charge in [-0.05, 0) is 61.7 Å². The summed E-state index contributed by atoms with van der Waals surface area (Å²) >= 11 is 0. The van der Waals surface area contributed by atoms with Gasteiger partial charge in [-0.3, -0.25) is 4.79 Å². The van der Waals surface area contributed by atoms with Gasteiger partial charge in [0.1, 0.15) is 48.8 Å². The molecule has 0 saturated carbocycles. The molecule has 2 aromatic rings. The number of hydrogen-bond acceptors (Lipinski definition) is 20. The fourth-order valence-electron chi connectivity index (χ4n) is 6.38. The Labute approximate surface area is 325 Å². The number of benzene rings is 2. The lowest BCUT2D eigenvalue weighted by atomic mass is 9.96. The smallest absolute Gasteiger partial charge is 0.331 e. The van der Waals surface area contributed by atoms with Crippen molar-refractivity contribution in [3.05, 3.63) is 53.6 Å². The monoisotopic (exact) mass is 812 g/mol. The molecule has 10 N–H and O–H groups in total. The highest BCUT2D eigenvalue weighted by Gasteiger charge is 2.55. The molecule has 20 heteroatoms. The van der Waals surface area contributed by atoms with E-state index in [4.69, 9.17) is 37.9 Å². The molecule has 3 aliphatic rings. The van der Waals surface area contributed by atoms with Crippen molar-refractivity contribution in [3.63, 3.8) is 0 Å². The topological polar surface area (TPSA) is 310 Å². The average molecular weight is 813 g/mol. The van der Waals surface area contributed by atoms with Gasteiger partial charge in [-0.1, -0.05) is 12.1 Å². The summed E-state index contributed by atoms with van der Waals surface area (Å²) < 4.78 is 46.8. The molecule has 3 aliphatic heterocycles. The molecule has 15 atom stereocenters. The van der Waals surface area contributed by atoms with E-state index in [2.05, 4.69) is 0 Å². The first-order valence-electron chi connectivity index (χ1n) is 18.0. The normalized spacial score (nSPS) is 35.8. The quantitative estimate of drug-likeness (QED) is 0.0619. The van der Waals surface area contributed by atoms with Crippen molar-refractivity contribution in [2.75, 3.05) is 13.2 Å². The van der Waals surface area contributed by atoms with E-state index in [0.717, 1.165) is 19.1 Å². The lowest BCUT2D eigenvalue weighted by molar-refractivity contribution is -0.364. The predicted octanol–water partition coefficient (Wildman–Crippen LogP) is -1.59. The van der Waals surface area contributed by atoms with Crippen molar-refractivity contribution < 1.29 is 98.5 Å². The second-order valence-electron chi connectivity index (χ2n) is 13.8. The highest BCUT2D eigenvalue weighted by Crippen LogP contribution is 2.35. The Kier molecular flexibility index (Phi) is 14.7. The first-order chi connectivity index (χ1) is 26.9. The number of aliphatic hydroxyl groups excluding tert-OH is 6. The van der Waals surface area contributed by atoms with Gasteiger partial charge < -0.3 is 89.0 Å². The van der Waals surface area contributed by atoms with Crippen LogP contribution in [0.2, 0.25) is 0 Å². The molecule has 3 saturated heterocycles. The van der Waals surface area contributed by atoms with E-state index >= 15 is 0 Å². The SMILES string of the molecule is CC(=O)OC1C(OCCc2ccc(O)c(O)c2)OC(COC2OC(C)C(O)C(O)C2O)C(OC(=O)C=Cc2ccc(O)c(O)c2)C1OC1OC(C)C(O)C(O)C1O. The van der Waals surface area contributed by atoms with Gasteiger partial charge in [0.2, 0.25) is 0 Å². The number of aromatic hydroxyl groups is 4. The zero-order valence-electron chi connectivity index (χ0n) is 31.0. The summed E-state index contributed by atoms with van der Waals surface area (Å²) in [4.78, 5) is 26.1. The zero-order valence-corrected chi connectivity index (χ0v) is 31.0. The van der Waals surface area contributed by atoms with Gasteiger partial charge in [-0.2, -0.15) is 0 Å². The highest BCUT2D eigenvalue weighted by atomic mass is 16.8. The van der Waals surface area contributed by atoms with Crippen LogP contribution < -0.4 is 0 Å². The Hall–Kier alpha value is -4.16. The molecule has 0 spiro atoms. The minimum atomic E-state index is -1.90. The summed E-state index contributed by atoms with van der Waals surface area (Å²) in [5.41, 5.74) is 0.776. The Balaban J connectivity index is 1.50. The molecule has 2 aromatic carbocycles. The molecular weight excluding hydrogens is 764 g/mol. The van der Waals surface area contributed by atoms with Crippen molar-refractivity contribution >= 4 is 18.0 Å². The first-order valence-corrected chi connectivity index (χ1v) is 18.0. The largest absolute Gasteiger partial charge is 0.504 e. The van der Waals surface area contributed by atoms with Crippen molar-refractivity contribution in [2.45, 2.75) is 119 Å². The van der Waals surface area contributed by atoms with Crippen LogP contribution in [0.3, 0.4) is 0 Å². The number of phenols is 4. The van der Waals surface area contributed by atoms with Crippen molar-refractivity contribution in [1.82, 2.24) is 0 Å². The number of phenolic OH excluding ortho intramolecular Hbond substituents is 4. The number of carbonyl (C=O) groups is 2. The molecule has 0 radical (unpaired) electrons. The maximum atomic E-state index is 13.5. The maximum Gasteiger partial charge on any atom is 0.331 e. The molecule has 5 rings (SSSR count). The lowest BCUT2D eigenvalue weighted by Gasteiger charge is -2.48. The number of rotatable bonds is 13. The zero-order chi connectivity index (χ0) is 41.7. The summed E-state index contributed by atoms with van der Waals surface area (Å²) in [5, 5.41) is 102. The van der Waals surface area contributed by atoms with Crippen LogP contribution >= 0.6 is 0 Å². The van der Waals surface area contributed by atoms with Crippen LogP contribution in [0.25, 0.3) is 6.08 Å². The fraction of sp³-hybridized carbons (Fsp3) is 0.568. The van der Waals surface area contributed by atoms with Gasteiger partial charge in [0.15, 0.2) is 54.1 Å². The molecule has 3 fully saturated rings. The van der Waals surface area contributed by atoms with E-state index in [0.29, 0.717) is 5.56 Å². The second-order valence-corrected chi connectivity index (χ2v) is 13.8. The summed E-state index contributed by atoms with van der Waals surface area (Å²) in [6.45, 7) is 3.05. The van der Waals surface area contributed by atoms with Gasteiger partial charge in [0.25, 0.3) is 0 Å². The molecule has 57 heavy (non-hydrogen) atoms. The standard InChI is InChI=1S/C37H48O20/c1-15-26(44)28(46)30(48)35(52-15)51-14-24-32(56-25(43)9-6-18-4-7-20(39)22(41)12-18)33(57-36-31(49)29(47)27(45)16(2)53-36)34(54-17(3)38)37(55-24)50-11-10-19-5-8-21(40)23(42)13-19/h4-9,12-13,15-16,24,26-37,39-42,44-49H,10-11,14H2,1-3H3. The Morgan fingerprint density at radius 3 is 1.86 bits per heavy atom. The molecule has 15 unspecified atom stereocenters. The third kappa shape index (κ3) is 10.7. The van der Waals surface area contributed by atoms with Crippen LogP contribution in [-0.2, 0) is 53.9 Å². The van der Waals surface area contributed by atoms with Crippen molar-refractivity contribution in [2.24, 2.45) is 0 Å². The van der Waals surface area contributed by atoms with E-state index in [-0.39, 0.29) is 24.3 Å². The fourth-order valence-corrected chi connectivity index (χ4v) is 6.38. The van der Waals surface area contributed by atoms with E-state index in [1.165, 1.54) is 50.3 Å². The van der Waals surface area contributed by atoms with Gasteiger partial charge in [-0.15, -0.1) is 0 Å². The molecule has 20 nitrogen and oxygen atoms in total. The van der Waals surface area contributed by atoms with Crippen LogP contribution in [-0.4, -0.2) is 168 Å². The third-order valence-corrected chi connectivity index (χ3v) is 9.60. The molecule has 0 aromatic heterocycles. The first kappa shape index (κ1) is 44.0. The van der Waals surface area contributed by atoms with Crippen molar-refractivity contribution in [3.8, 4) is 23.0 Å². The van der Waals surface area contributed by atoms with Crippen LogP contribution in [0.4, 0.5) is 0 Å². The van der Waals surface area contributed by atoms with Crippen LogP contribution in [0.15, 0.2) is 42.5 Å². The summed E-state index contributed by atoms with van der Waals surface area (Å²) in [6.07, 6.45) is -21.3. The van der Waals surface area contributed by atoms with Crippen LogP contribution in [0.1, 0.15) is 31.9 Å². The average Bonchev–Trinajstić information content (AvgIpc) is 3.16. The minimum absolute atomic E-state index is 0.107. The lowest BCUT2D eigenvalue weighted by Crippen LogP contribution is -2.66. The van der Waals surface area contributed by atoms with Gasteiger partial charge in [0.05, 0.1) is 25.4 Å². The van der Waals surface area contributed by atoms with Crippen molar-refractivity contribution in [1.29, 1.82) is 0 Å². The number of carbonyl (C=O) groups excluding carboxylic acids is 2. The van der Waals surface area contributed by atoms with E-state index in [1.54, 1.807) is 0 Å². The predicted molar refractivity (Wildman–Crippen MR) is 188 cm³/mol. The molecule has 0 bridgehead atoms. The molecule has 0 aliphatic carbocycles. The number of aliphatic hydroxyl groups is 6. The van der Waals surface area contributed by atoms with E-state index < -0.39 is 128 Å². The van der Waals surface area contributed by atoms with Crippen LogP contribution in [0, 0.1) is 0 Å². The Morgan fingerprint density at radius 2 is 1.25 bits per heavy atom. The molecule has 0 amide bonds. The summed E-state index contributed by atoms with van der Waals surface area (Å²) in [6, 6.07) is 7.79. The minimum Gasteiger partial charge on any atom is -0.504 e. The van der Waals surface area contributed by atoms with E-state index in [9.17, 15) is 60.7 Å². The highest BCUT2D eigenvalue weighted by molar-refractivity contribution is 5.87. The maximum absolute atomic E-state index is 13.5. The summed E-state index contributed by atoms with van der Waals surface area (Å²) in [7, 11) is 0. The van der Waals surface area contributed by atoms with Gasteiger partial charge >= 0.3 is 11.9 Å². The molecule has 316 valence electrons. The van der Waals surface area contributed by atoms with E-state index in [1.807, 2.05) is 0 Å². The summed E-state index contributed by atoms with van der Waals surface area (Å²) in [5.74, 6) is -3.59. The second kappa shape index (κ2) is 19.1. The van der Waals surface area contributed by atoms with Gasteiger partial charge in [-0.25, -0.2) is 4.79 Å². The molecular formula is C37H48O20. The van der Waals surface area contributed by atoms with Crippen LogP contribution in [0.5, 0.6) is 23.0 Å². The number of ether oxygens (including phenoxy) is 8. The third-order valence-electron chi connectivity index (χ3n) is 9.60. The molecule has 3 heterocycles. The number of hydrogen-bond donors (Lipinski definition) is 10. The number of esters is 2.